The van der Waals surface area contributed by atoms with Crippen molar-refractivity contribution in [3.63, 3.8) is 0 Å². The first-order chi connectivity index (χ1) is 31.2. The summed E-state index contributed by atoms with van der Waals surface area (Å²) in [6.07, 6.45) is 0. The van der Waals surface area contributed by atoms with Gasteiger partial charge in [-0.15, -0.1) is 11.3 Å². The van der Waals surface area contributed by atoms with Gasteiger partial charge in [0.25, 0.3) is 0 Å². The molecule has 0 N–H and O–H groups in total. The van der Waals surface area contributed by atoms with Gasteiger partial charge in [-0.05, 0) is 64.0 Å². The average Bonchev–Trinajstić information content (AvgIpc) is 4.05. The Kier molecular flexibility index (Phi) is 8.05. The van der Waals surface area contributed by atoms with Crippen LogP contribution >= 0.6 is 11.3 Å². The number of fused-ring (bicyclic) bond motifs is 9. The van der Waals surface area contributed by atoms with E-state index in [1.807, 2.05) is 0 Å². The lowest BCUT2D eigenvalue weighted by molar-refractivity contribution is 1.02. The Morgan fingerprint density at radius 1 is 0.365 bits per heavy atom. The minimum Gasteiger partial charge on any atom is -0.309 e. The van der Waals surface area contributed by atoms with E-state index in [-0.39, 0.29) is 0 Å². The normalized spacial score (nSPS) is 11.8. The molecule has 13 aromatic rings. The molecule has 0 radical (unpaired) electrons. The second-order valence-electron chi connectivity index (χ2n) is 16.1. The third kappa shape index (κ3) is 5.67. The quantitative estimate of drug-likeness (QED) is 0.167. The van der Waals surface area contributed by atoms with Crippen molar-refractivity contribution in [2.24, 2.45) is 0 Å². The fourth-order valence-electron chi connectivity index (χ4n) is 9.66. The van der Waals surface area contributed by atoms with Crippen molar-refractivity contribution in [3.05, 3.63) is 218 Å². The van der Waals surface area contributed by atoms with E-state index in [0.29, 0.717) is 5.95 Å². The number of thiophene rings is 1. The van der Waals surface area contributed by atoms with Gasteiger partial charge < -0.3 is 4.57 Å². The average molecular weight is 821 g/mol. The zero-order valence-electron chi connectivity index (χ0n) is 34.0. The SMILES string of the molecule is c1ccc(-c2ccc(-c3nc(-n4c5ccc(-c6cccc7c8ccccc8n(-c8ccccc8)c67)cc5c5ccc6ccccc6c54)nc4cc(-c5ccccc5)sc34)cc2)cc1. The minimum atomic E-state index is 0.650. The first kappa shape index (κ1) is 35.6. The Bertz CT molecular complexity index is 3880. The predicted octanol–water partition coefficient (Wildman–Crippen LogP) is 15.7. The van der Waals surface area contributed by atoms with Gasteiger partial charge in [0.2, 0.25) is 5.95 Å². The largest absolute Gasteiger partial charge is 0.309 e. The van der Waals surface area contributed by atoms with Crippen LogP contribution in [0.2, 0.25) is 0 Å². The van der Waals surface area contributed by atoms with Gasteiger partial charge in [-0.1, -0.05) is 182 Å². The molecule has 4 aromatic heterocycles. The second-order valence-corrected chi connectivity index (χ2v) is 17.2. The molecule has 0 saturated carbocycles. The summed E-state index contributed by atoms with van der Waals surface area (Å²) in [5.41, 5.74) is 14.5. The van der Waals surface area contributed by atoms with Crippen LogP contribution in [0.15, 0.2) is 218 Å². The maximum Gasteiger partial charge on any atom is 0.235 e. The molecule has 13 rings (SSSR count). The summed E-state index contributed by atoms with van der Waals surface area (Å²) < 4.78 is 5.79. The first-order valence-electron chi connectivity index (χ1n) is 21.3. The van der Waals surface area contributed by atoms with Crippen molar-refractivity contribution >= 4 is 75.9 Å². The summed E-state index contributed by atoms with van der Waals surface area (Å²) in [5, 5.41) is 7.12. The molecule has 0 spiro atoms. The Balaban J connectivity index is 1.07. The van der Waals surface area contributed by atoms with E-state index in [9.17, 15) is 0 Å². The maximum atomic E-state index is 5.58. The molecule has 4 nitrogen and oxygen atoms in total. The highest BCUT2D eigenvalue weighted by Gasteiger charge is 2.23. The highest BCUT2D eigenvalue weighted by Crippen LogP contribution is 2.44. The van der Waals surface area contributed by atoms with Gasteiger partial charge in [0.05, 0.1) is 38.0 Å². The maximum absolute atomic E-state index is 5.58. The van der Waals surface area contributed by atoms with E-state index < -0.39 is 0 Å². The summed E-state index contributed by atoms with van der Waals surface area (Å²) in [7, 11) is 0. The number of benzene rings is 9. The summed E-state index contributed by atoms with van der Waals surface area (Å²) >= 11 is 1.75. The van der Waals surface area contributed by atoms with Gasteiger partial charge in [0, 0.05) is 48.6 Å². The predicted molar refractivity (Wildman–Crippen MR) is 265 cm³/mol. The van der Waals surface area contributed by atoms with Crippen LogP contribution < -0.4 is 0 Å². The van der Waals surface area contributed by atoms with Crippen molar-refractivity contribution < 1.29 is 0 Å². The van der Waals surface area contributed by atoms with Crippen LogP contribution in [0, 0.1) is 0 Å². The van der Waals surface area contributed by atoms with Gasteiger partial charge >= 0.3 is 0 Å². The van der Waals surface area contributed by atoms with Crippen molar-refractivity contribution in [2.75, 3.05) is 0 Å². The molecule has 0 bridgehead atoms. The van der Waals surface area contributed by atoms with E-state index in [4.69, 9.17) is 9.97 Å². The van der Waals surface area contributed by atoms with E-state index in [1.165, 1.54) is 54.3 Å². The van der Waals surface area contributed by atoms with Crippen molar-refractivity contribution in [1.82, 2.24) is 19.1 Å². The molecule has 0 aliphatic carbocycles. The lowest BCUT2D eigenvalue weighted by Gasteiger charge is -2.13. The summed E-state index contributed by atoms with van der Waals surface area (Å²) in [4.78, 5) is 12.2. The van der Waals surface area contributed by atoms with Crippen molar-refractivity contribution in [1.29, 1.82) is 0 Å². The molecule has 0 aliphatic rings. The Morgan fingerprint density at radius 2 is 0.984 bits per heavy atom. The van der Waals surface area contributed by atoms with Crippen LogP contribution in [0.3, 0.4) is 0 Å². The molecular formula is C58H36N4S. The highest BCUT2D eigenvalue weighted by atomic mass is 32.1. The van der Waals surface area contributed by atoms with Crippen LogP contribution in [-0.4, -0.2) is 19.1 Å². The summed E-state index contributed by atoms with van der Waals surface area (Å²) in [6, 6.07) is 78.5. The molecule has 5 heteroatoms. The molecular weight excluding hydrogens is 785 g/mol. The smallest absolute Gasteiger partial charge is 0.235 e. The Labute approximate surface area is 367 Å². The standard InChI is InChI=1S/C58H36N4S/c1-4-15-37(16-5-1)38-27-29-41(30-28-38)54-57-50(36-53(63-57)40-18-6-2-7-19-40)59-58(60-54)62-52-34-32-42(35-49(52)48-33-31-39-17-10-11-22-44(39)56(48)62)45-24-14-25-47-46-23-12-13-26-51(46)61(55(45)47)43-20-8-3-9-21-43/h1-36H. The zero-order chi connectivity index (χ0) is 41.4. The number of hydrogen-bond donors (Lipinski definition) is 0. The van der Waals surface area contributed by atoms with Gasteiger partial charge in [0.1, 0.15) is 0 Å². The second kappa shape index (κ2) is 14.2. The highest BCUT2D eigenvalue weighted by molar-refractivity contribution is 7.22. The Morgan fingerprint density at radius 3 is 1.79 bits per heavy atom. The monoisotopic (exact) mass is 820 g/mol. The van der Waals surface area contributed by atoms with Crippen LogP contribution in [-0.2, 0) is 0 Å². The Hall–Kier alpha value is -8.12. The summed E-state index contributed by atoms with van der Waals surface area (Å²) in [6.45, 7) is 0. The molecule has 294 valence electrons. The van der Waals surface area contributed by atoms with Crippen LogP contribution in [0.1, 0.15) is 0 Å². The third-order valence-electron chi connectivity index (χ3n) is 12.6. The molecule has 63 heavy (non-hydrogen) atoms. The van der Waals surface area contributed by atoms with Crippen molar-refractivity contribution in [2.45, 2.75) is 0 Å². The molecule has 0 unspecified atom stereocenters. The lowest BCUT2D eigenvalue weighted by atomic mass is 9.99. The van der Waals surface area contributed by atoms with Crippen LogP contribution in [0.25, 0.3) is 120 Å². The molecule has 0 saturated heterocycles. The summed E-state index contributed by atoms with van der Waals surface area (Å²) in [5.74, 6) is 0.650. The van der Waals surface area contributed by atoms with Crippen LogP contribution in [0.4, 0.5) is 0 Å². The fourth-order valence-corrected chi connectivity index (χ4v) is 10.8. The number of aromatic nitrogens is 4. The zero-order valence-corrected chi connectivity index (χ0v) is 34.8. The first-order valence-corrected chi connectivity index (χ1v) is 22.1. The number of rotatable bonds is 6. The molecule has 0 atom stereocenters. The molecule has 0 aliphatic heterocycles. The van der Waals surface area contributed by atoms with Gasteiger partial charge in [-0.2, -0.15) is 0 Å². The van der Waals surface area contributed by atoms with Crippen LogP contribution in [0.5, 0.6) is 0 Å². The molecule has 9 aromatic carbocycles. The topological polar surface area (TPSA) is 35.6 Å². The van der Waals surface area contributed by atoms with Gasteiger partial charge in [0.15, 0.2) is 0 Å². The van der Waals surface area contributed by atoms with Gasteiger partial charge in [-0.3, -0.25) is 4.57 Å². The van der Waals surface area contributed by atoms with E-state index in [0.717, 1.165) is 59.9 Å². The van der Waals surface area contributed by atoms with E-state index in [1.54, 1.807) is 11.3 Å². The number of nitrogens with zero attached hydrogens (tertiary/aromatic N) is 4. The molecule has 0 fully saturated rings. The van der Waals surface area contributed by atoms with E-state index >= 15 is 0 Å². The third-order valence-corrected chi connectivity index (χ3v) is 13.7. The number of hydrogen-bond acceptors (Lipinski definition) is 3. The fraction of sp³-hybridized carbons (Fsp3) is 0. The molecule has 0 amide bonds. The minimum absolute atomic E-state index is 0.650. The van der Waals surface area contributed by atoms with Gasteiger partial charge in [-0.25, -0.2) is 9.97 Å². The van der Waals surface area contributed by atoms with E-state index in [2.05, 4.69) is 228 Å². The lowest BCUT2D eigenvalue weighted by Crippen LogP contribution is -2.03. The van der Waals surface area contributed by atoms with Crippen molar-refractivity contribution in [3.8, 4) is 55.6 Å². The number of para-hydroxylation sites is 3. The molecule has 4 heterocycles.